The Balaban J connectivity index is 0. The molecular weight excluding hydrogens is 390 g/mol. The molecule has 29 heavy (non-hydrogen) atoms. The van der Waals surface area contributed by atoms with E-state index in [-0.39, 0.29) is 0 Å². The van der Waals surface area contributed by atoms with Crippen molar-refractivity contribution in [2.24, 2.45) is 0 Å². The summed E-state index contributed by atoms with van der Waals surface area (Å²) in [7, 11) is -0.624. The van der Waals surface area contributed by atoms with Gasteiger partial charge in [-0.25, -0.2) is 4.79 Å². The number of quaternary nitrogens is 1. The molecule has 0 heterocycles. The van der Waals surface area contributed by atoms with Crippen molar-refractivity contribution in [3.8, 4) is 0 Å². The molecule has 0 aromatic rings. The average molecular weight is 439 g/mol. The summed E-state index contributed by atoms with van der Waals surface area (Å²) in [6.45, 7) is 5.27. The molecule has 0 aliphatic rings. The first-order valence-electron chi connectivity index (χ1n) is 11.6. The lowest BCUT2D eigenvalue weighted by Gasteiger charge is -2.24. The molecule has 0 aliphatic carbocycles. The maximum Gasteiger partial charge on any atom is 0.394 e. The molecule has 0 radical (unpaired) electrons. The number of unbranched alkanes of at least 4 members (excludes halogenated alkanes) is 14. The normalized spacial score (nSPS) is 11.8. The zero-order chi connectivity index (χ0) is 22.6. The number of hydrogen-bond donors (Lipinski definition) is 2. The van der Waals surface area contributed by atoms with Gasteiger partial charge in [0.25, 0.3) is 0 Å². The predicted molar refractivity (Wildman–Crippen MR) is 121 cm³/mol. The number of amides is 1. The molecule has 0 unspecified atom stereocenters. The molecule has 0 atom stereocenters. The van der Waals surface area contributed by atoms with Crippen molar-refractivity contribution in [3.63, 3.8) is 0 Å². The van der Waals surface area contributed by atoms with E-state index >= 15 is 0 Å². The molecule has 0 rings (SSSR count). The third-order valence-electron chi connectivity index (χ3n) is 5.46. The first-order chi connectivity index (χ1) is 13.5. The molecule has 0 aromatic heterocycles. The zero-order valence-electron chi connectivity index (χ0n) is 19.5. The van der Waals surface area contributed by atoms with Crippen LogP contribution in [0, 0.1) is 0 Å². The highest BCUT2D eigenvalue weighted by atomic mass is 32.3. The van der Waals surface area contributed by atoms with E-state index in [0.717, 1.165) is 19.4 Å². The standard InChI is InChI=1S/C22H46NO.H2O4S/c1-5-7-8-9-10-11-12-13-14-15-16-17-18-19-20-21-22(24)23(3,4)6-2;1-5(2,3)4/h5-21H2,1-4H3;(H2,1,2,3,4)/q+1;. The third kappa shape index (κ3) is 27.5. The van der Waals surface area contributed by atoms with Crippen molar-refractivity contribution >= 4 is 16.3 Å². The van der Waals surface area contributed by atoms with Gasteiger partial charge in [-0.3, -0.25) is 13.6 Å². The monoisotopic (exact) mass is 438 g/mol. The predicted octanol–water partition coefficient (Wildman–Crippen LogP) is 6.22. The number of carbonyl (C=O) groups is 1. The van der Waals surface area contributed by atoms with Gasteiger partial charge in [0.05, 0.1) is 27.1 Å². The Kier molecular flexibility index (Phi) is 20.6. The highest BCUT2D eigenvalue weighted by Gasteiger charge is 2.22. The molecule has 176 valence electrons. The van der Waals surface area contributed by atoms with Crippen LogP contribution in [0.2, 0.25) is 0 Å². The summed E-state index contributed by atoms with van der Waals surface area (Å²) in [6, 6.07) is 0. The lowest BCUT2D eigenvalue weighted by molar-refractivity contribution is -0.812. The van der Waals surface area contributed by atoms with E-state index in [0.29, 0.717) is 10.4 Å². The second kappa shape index (κ2) is 19.5. The lowest BCUT2D eigenvalue weighted by atomic mass is 10.0. The molecule has 0 fully saturated rings. The van der Waals surface area contributed by atoms with Gasteiger partial charge in [-0.1, -0.05) is 96.8 Å². The second-order valence-electron chi connectivity index (χ2n) is 8.54. The van der Waals surface area contributed by atoms with Gasteiger partial charge in [0.2, 0.25) is 0 Å². The molecule has 0 aromatic carbocycles. The van der Waals surface area contributed by atoms with Gasteiger partial charge in [0.1, 0.15) is 0 Å². The van der Waals surface area contributed by atoms with Crippen LogP contribution in [0.1, 0.15) is 117 Å². The highest BCUT2D eigenvalue weighted by Crippen LogP contribution is 2.14. The van der Waals surface area contributed by atoms with Crippen molar-refractivity contribution < 1.29 is 26.8 Å². The summed E-state index contributed by atoms with van der Waals surface area (Å²) in [4.78, 5) is 12.0. The Morgan fingerprint density at radius 1 is 0.655 bits per heavy atom. The maximum absolute atomic E-state index is 12.0. The number of rotatable bonds is 17. The molecule has 0 spiro atoms. The van der Waals surface area contributed by atoms with Crippen LogP contribution in [0.25, 0.3) is 0 Å². The average Bonchev–Trinajstić information content (AvgIpc) is 2.63. The van der Waals surface area contributed by atoms with Crippen LogP contribution in [0.3, 0.4) is 0 Å². The van der Waals surface area contributed by atoms with E-state index in [4.69, 9.17) is 17.5 Å². The Morgan fingerprint density at radius 2 is 0.931 bits per heavy atom. The summed E-state index contributed by atoms with van der Waals surface area (Å²) >= 11 is 0. The van der Waals surface area contributed by atoms with Crippen LogP contribution < -0.4 is 0 Å². The van der Waals surface area contributed by atoms with Crippen LogP contribution in [-0.4, -0.2) is 48.6 Å². The highest BCUT2D eigenvalue weighted by molar-refractivity contribution is 7.79. The van der Waals surface area contributed by atoms with Crippen molar-refractivity contribution in [1.29, 1.82) is 0 Å². The van der Waals surface area contributed by atoms with Crippen LogP contribution in [0.4, 0.5) is 0 Å². The van der Waals surface area contributed by atoms with Crippen molar-refractivity contribution in [1.82, 2.24) is 0 Å². The lowest BCUT2D eigenvalue weighted by Crippen LogP contribution is -2.45. The SMILES string of the molecule is CCCCCCCCCCCCCCCCCC(=O)[N+](C)(C)CC.O=S(=O)(O)O. The molecule has 1 amide bonds. The summed E-state index contributed by atoms with van der Waals surface area (Å²) in [5.41, 5.74) is 0. The molecule has 6 nitrogen and oxygen atoms in total. The fraction of sp³-hybridized carbons (Fsp3) is 0.955. The van der Waals surface area contributed by atoms with Gasteiger partial charge in [0.15, 0.2) is 0 Å². The second-order valence-corrected chi connectivity index (χ2v) is 9.44. The minimum absolute atomic E-state index is 0.396. The smallest absolute Gasteiger partial charge is 0.266 e. The fourth-order valence-electron chi connectivity index (χ4n) is 3.13. The Hall–Kier alpha value is -0.500. The van der Waals surface area contributed by atoms with Crippen LogP contribution in [-0.2, 0) is 15.2 Å². The minimum Gasteiger partial charge on any atom is -0.266 e. The van der Waals surface area contributed by atoms with Crippen LogP contribution in [0.5, 0.6) is 0 Å². The van der Waals surface area contributed by atoms with E-state index in [9.17, 15) is 4.79 Å². The van der Waals surface area contributed by atoms with E-state index in [1.54, 1.807) is 0 Å². The quantitative estimate of drug-likeness (QED) is 0.160. The van der Waals surface area contributed by atoms with Gasteiger partial charge in [-0.15, -0.1) is 0 Å². The largest absolute Gasteiger partial charge is 0.394 e. The van der Waals surface area contributed by atoms with Crippen LogP contribution >= 0.6 is 0 Å². The number of hydrogen-bond acceptors (Lipinski definition) is 3. The first-order valence-corrected chi connectivity index (χ1v) is 13.0. The molecule has 2 N–H and O–H groups in total. The Morgan fingerprint density at radius 3 is 1.21 bits per heavy atom. The number of nitrogens with zero attached hydrogens (tertiary/aromatic N) is 1. The summed E-state index contributed by atoms with van der Waals surface area (Å²) in [5, 5.41) is 0. The number of carbonyl (C=O) groups excluding carboxylic acids is 1. The maximum atomic E-state index is 12.0. The van der Waals surface area contributed by atoms with Crippen molar-refractivity contribution in [2.45, 2.75) is 117 Å². The minimum atomic E-state index is -4.67. The summed E-state index contributed by atoms with van der Waals surface area (Å²) in [6.07, 6.45) is 21.4. The van der Waals surface area contributed by atoms with E-state index in [1.807, 2.05) is 14.1 Å². The van der Waals surface area contributed by atoms with Gasteiger partial charge in [-0.2, -0.15) is 8.42 Å². The third-order valence-corrected chi connectivity index (χ3v) is 5.46. The first kappa shape index (κ1) is 30.7. The fourth-order valence-corrected chi connectivity index (χ4v) is 3.13. The van der Waals surface area contributed by atoms with Crippen molar-refractivity contribution in [3.05, 3.63) is 0 Å². The summed E-state index contributed by atoms with van der Waals surface area (Å²) < 4.78 is 32.1. The zero-order valence-corrected chi connectivity index (χ0v) is 20.3. The van der Waals surface area contributed by atoms with Gasteiger partial charge in [0, 0.05) is 0 Å². The molecule has 0 saturated carbocycles. The van der Waals surface area contributed by atoms with Crippen LogP contribution in [0.15, 0.2) is 0 Å². The Labute approximate surface area is 180 Å². The van der Waals surface area contributed by atoms with Crippen molar-refractivity contribution in [2.75, 3.05) is 20.6 Å². The van der Waals surface area contributed by atoms with E-state index in [1.165, 1.54) is 89.9 Å². The Bertz CT molecular complexity index is 470. The molecule has 7 heteroatoms. The summed E-state index contributed by atoms with van der Waals surface area (Å²) in [5.74, 6) is 0.396. The van der Waals surface area contributed by atoms with E-state index in [2.05, 4.69) is 13.8 Å². The molecular formula is C22H48NO5S+. The van der Waals surface area contributed by atoms with E-state index < -0.39 is 10.4 Å². The topological polar surface area (TPSA) is 91.7 Å². The molecule has 0 saturated heterocycles. The molecule has 0 aliphatic heterocycles. The van der Waals surface area contributed by atoms with Gasteiger partial charge < -0.3 is 0 Å². The van der Waals surface area contributed by atoms with Gasteiger partial charge >= 0.3 is 16.3 Å². The molecule has 0 bridgehead atoms. The van der Waals surface area contributed by atoms with Gasteiger partial charge in [-0.05, 0) is 13.3 Å².